The molecule has 0 aromatic carbocycles. The van der Waals surface area contributed by atoms with Gasteiger partial charge >= 0.3 is 12.0 Å². The lowest BCUT2D eigenvalue weighted by molar-refractivity contribution is -0.143. The van der Waals surface area contributed by atoms with Crippen molar-refractivity contribution >= 4 is 23.3 Å². The van der Waals surface area contributed by atoms with Gasteiger partial charge in [0, 0.05) is 24.0 Å². The van der Waals surface area contributed by atoms with Crippen molar-refractivity contribution in [2.24, 2.45) is 0 Å². The summed E-state index contributed by atoms with van der Waals surface area (Å²) in [6.07, 6.45) is 3.73. The smallest absolute Gasteiger partial charge is 0.331 e. The van der Waals surface area contributed by atoms with Crippen LogP contribution in [0.25, 0.3) is 0 Å². The number of hydrogen-bond acceptors (Lipinski definition) is 3. The molecule has 2 atom stereocenters. The Morgan fingerprint density at radius 1 is 1.38 bits per heavy atom. The Morgan fingerprint density at radius 3 is 2.90 bits per heavy atom. The van der Waals surface area contributed by atoms with Crippen LogP contribution in [0.5, 0.6) is 0 Å². The van der Waals surface area contributed by atoms with Gasteiger partial charge in [0.25, 0.3) is 0 Å². The number of carbonyl (C=O) groups excluding carboxylic acids is 1. The van der Waals surface area contributed by atoms with Gasteiger partial charge in [-0.25, -0.2) is 9.59 Å². The van der Waals surface area contributed by atoms with Crippen LogP contribution in [0.15, 0.2) is 11.4 Å². The summed E-state index contributed by atoms with van der Waals surface area (Å²) in [5, 5.41) is 11.5. The highest BCUT2D eigenvalue weighted by atomic mass is 32.1. The number of fused-ring (bicyclic) bond motifs is 1. The second-order valence-electron chi connectivity index (χ2n) is 5.66. The highest BCUT2D eigenvalue weighted by Crippen LogP contribution is 2.35. The van der Waals surface area contributed by atoms with Crippen LogP contribution in [0.4, 0.5) is 4.79 Å². The Bertz CT molecular complexity index is 557. The second kappa shape index (κ2) is 5.67. The van der Waals surface area contributed by atoms with Crippen LogP contribution in [-0.4, -0.2) is 46.0 Å². The summed E-state index contributed by atoms with van der Waals surface area (Å²) in [6.45, 7) is 3.32. The third kappa shape index (κ3) is 2.41. The molecule has 6 heteroatoms. The number of aliphatic carboxylic acids is 1. The summed E-state index contributed by atoms with van der Waals surface area (Å²) < 4.78 is 0. The molecule has 0 spiro atoms. The molecule has 5 nitrogen and oxygen atoms in total. The molecule has 1 N–H and O–H groups in total. The number of rotatable bonds is 2. The Morgan fingerprint density at radius 2 is 2.19 bits per heavy atom. The van der Waals surface area contributed by atoms with Crippen LogP contribution in [0.3, 0.4) is 0 Å². The molecule has 2 aliphatic rings. The van der Waals surface area contributed by atoms with Crippen molar-refractivity contribution in [2.75, 3.05) is 13.1 Å². The molecule has 21 heavy (non-hydrogen) atoms. The molecule has 1 aromatic rings. The van der Waals surface area contributed by atoms with Crippen molar-refractivity contribution in [2.45, 2.75) is 44.7 Å². The van der Waals surface area contributed by atoms with Crippen LogP contribution in [0.1, 0.15) is 42.7 Å². The fourth-order valence-corrected chi connectivity index (χ4v) is 4.37. The molecule has 3 heterocycles. The number of nitrogens with zero attached hydrogens (tertiary/aromatic N) is 2. The molecular formula is C15H20N2O3S. The first-order valence-corrected chi connectivity index (χ1v) is 8.37. The quantitative estimate of drug-likeness (QED) is 0.914. The van der Waals surface area contributed by atoms with Crippen molar-refractivity contribution in [3.8, 4) is 0 Å². The van der Waals surface area contributed by atoms with Crippen LogP contribution in [0.2, 0.25) is 0 Å². The number of likely N-dealkylation sites (tertiary alicyclic amines) is 1. The third-order valence-corrected chi connectivity index (χ3v) is 5.54. The lowest BCUT2D eigenvalue weighted by Gasteiger charge is -2.37. The maximum atomic E-state index is 12.8. The Labute approximate surface area is 128 Å². The molecule has 3 rings (SSSR count). The molecule has 2 amide bonds. The van der Waals surface area contributed by atoms with Crippen molar-refractivity contribution in [1.82, 2.24) is 9.80 Å². The number of carbonyl (C=O) groups is 2. The van der Waals surface area contributed by atoms with E-state index in [1.165, 1.54) is 0 Å². The molecular weight excluding hydrogens is 288 g/mol. The molecule has 1 fully saturated rings. The van der Waals surface area contributed by atoms with Gasteiger partial charge in [-0.05, 0) is 42.7 Å². The van der Waals surface area contributed by atoms with E-state index in [1.807, 2.05) is 16.3 Å². The summed E-state index contributed by atoms with van der Waals surface area (Å²) in [5.41, 5.74) is 0.791. The van der Waals surface area contributed by atoms with E-state index in [9.17, 15) is 14.7 Å². The number of urea groups is 1. The van der Waals surface area contributed by atoms with Gasteiger partial charge in [0.05, 0.1) is 0 Å². The summed E-state index contributed by atoms with van der Waals surface area (Å²) in [4.78, 5) is 29.0. The van der Waals surface area contributed by atoms with Gasteiger partial charge in [-0.1, -0.05) is 6.92 Å². The Balaban J connectivity index is 1.87. The van der Waals surface area contributed by atoms with Gasteiger partial charge < -0.3 is 14.9 Å². The maximum Gasteiger partial charge on any atom is 0.331 e. The topological polar surface area (TPSA) is 60.9 Å². The largest absolute Gasteiger partial charge is 0.479 e. The van der Waals surface area contributed by atoms with Gasteiger partial charge in [0.1, 0.15) is 0 Å². The minimum atomic E-state index is -0.935. The lowest BCUT2D eigenvalue weighted by Crippen LogP contribution is -2.50. The van der Waals surface area contributed by atoms with Gasteiger partial charge in [-0.15, -0.1) is 11.3 Å². The van der Waals surface area contributed by atoms with Crippen LogP contribution in [-0.2, 0) is 11.2 Å². The lowest BCUT2D eigenvalue weighted by atomic mass is 10.0. The van der Waals surface area contributed by atoms with E-state index in [2.05, 4.69) is 6.92 Å². The van der Waals surface area contributed by atoms with E-state index in [4.69, 9.17) is 0 Å². The first-order chi connectivity index (χ1) is 10.1. The van der Waals surface area contributed by atoms with E-state index < -0.39 is 12.0 Å². The number of carboxylic acids is 1. The molecule has 0 bridgehead atoms. The average molecular weight is 308 g/mol. The summed E-state index contributed by atoms with van der Waals surface area (Å²) in [6, 6.07) is 1.17. The van der Waals surface area contributed by atoms with Crippen LogP contribution < -0.4 is 0 Å². The second-order valence-corrected chi connectivity index (χ2v) is 6.66. The molecule has 1 saturated heterocycles. The molecule has 2 unspecified atom stereocenters. The van der Waals surface area contributed by atoms with Gasteiger partial charge in [-0.3, -0.25) is 0 Å². The van der Waals surface area contributed by atoms with Gasteiger partial charge in [-0.2, -0.15) is 0 Å². The highest BCUT2D eigenvalue weighted by Gasteiger charge is 2.40. The molecule has 0 saturated carbocycles. The molecule has 0 aliphatic carbocycles. The summed E-state index contributed by atoms with van der Waals surface area (Å²) in [7, 11) is 0. The van der Waals surface area contributed by atoms with Crippen molar-refractivity contribution < 1.29 is 14.7 Å². The fraction of sp³-hybridized carbons (Fsp3) is 0.600. The zero-order valence-electron chi connectivity index (χ0n) is 12.1. The van der Waals surface area contributed by atoms with Crippen molar-refractivity contribution in [1.29, 1.82) is 0 Å². The van der Waals surface area contributed by atoms with E-state index in [0.717, 1.165) is 42.7 Å². The first kappa shape index (κ1) is 14.4. The fourth-order valence-electron chi connectivity index (χ4n) is 3.47. The van der Waals surface area contributed by atoms with Gasteiger partial charge in [0.15, 0.2) is 6.04 Å². The molecule has 2 aliphatic heterocycles. The zero-order chi connectivity index (χ0) is 15.0. The highest BCUT2D eigenvalue weighted by molar-refractivity contribution is 7.10. The minimum Gasteiger partial charge on any atom is -0.479 e. The van der Waals surface area contributed by atoms with E-state index in [1.54, 1.807) is 16.2 Å². The van der Waals surface area contributed by atoms with E-state index >= 15 is 0 Å². The molecule has 0 radical (unpaired) electrons. The standard InChI is InChI=1S/C15H20N2O3S/c1-2-10-4-3-7-16(10)15(20)17-8-5-12-11(6-9-21-12)13(17)14(18)19/h6,9-10,13H,2-5,7-8H2,1H3,(H,18,19). The average Bonchev–Trinajstić information content (AvgIpc) is 3.13. The molecule has 1 aromatic heterocycles. The zero-order valence-corrected chi connectivity index (χ0v) is 12.9. The van der Waals surface area contributed by atoms with Crippen molar-refractivity contribution in [3.05, 3.63) is 21.9 Å². The Kier molecular flexibility index (Phi) is 3.89. The summed E-state index contributed by atoms with van der Waals surface area (Å²) >= 11 is 1.58. The van der Waals surface area contributed by atoms with E-state index in [0.29, 0.717) is 6.54 Å². The van der Waals surface area contributed by atoms with Crippen molar-refractivity contribution in [3.63, 3.8) is 0 Å². The minimum absolute atomic E-state index is 0.108. The van der Waals surface area contributed by atoms with Gasteiger partial charge in [0.2, 0.25) is 0 Å². The normalized spacial score (nSPS) is 25.0. The predicted molar refractivity (Wildman–Crippen MR) is 80.5 cm³/mol. The SMILES string of the molecule is CCC1CCCN1C(=O)N1CCc2sccc2C1C(=O)O. The summed E-state index contributed by atoms with van der Waals surface area (Å²) in [5.74, 6) is -0.935. The predicted octanol–water partition coefficient (Wildman–Crippen LogP) is 2.73. The third-order valence-electron chi connectivity index (χ3n) is 4.54. The molecule has 114 valence electrons. The first-order valence-electron chi connectivity index (χ1n) is 7.49. The Hall–Kier alpha value is -1.56. The number of amides is 2. The monoisotopic (exact) mass is 308 g/mol. The van der Waals surface area contributed by atoms with Crippen LogP contribution in [0, 0.1) is 0 Å². The van der Waals surface area contributed by atoms with Crippen LogP contribution >= 0.6 is 11.3 Å². The van der Waals surface area contributed by atoms with E-state index in [-0.39, 0.29) is 12.1 Å². The number of hydrogen-bond donors (Lipinski definition) is 1. The number of thiophene rings is 1. The number of carboxylic acid groups (broad SMARTS) is 1. The maximum absolute atomic E-state index is 12.8.